The molecular formula is C54H70N4O8S. The molecule has 0 radical (unpaired) electrons. The lowest BCUT2D eigenvalue weighted by molar-refractivity contribution is -0.137. The molecular weight excluding hydrogens is 865 g/mol. The van der Waals surface area contributed by atoms with Crippen LogP contribution >= 0.6 is 0 Å². The number of carbonyl (C=O) groups is 3. The van der Waals surface area contributed by atoms with Crippen LogP contribution in [0.5, 0.6) is 17.2 Å². The molecule has 0 spiro atoms. The van der Waals surface area contributed by atoms with Crippen LogP contribution < -0.4 is 14.8 Å². The molecule has 5 rings (SSSR count). The Labute approximate surface area is 399 Å². The number of sulfonamides is 1. The Kier molecular flexibility index (Phi) is 20.7. The highest BCUT2D eigenvalue weighted by molar-refractivity contribution is 7.90. The van der Waals surface area contributed by atoms with Gasteiger partial charge in [0.15, 0.2) is 34.7 Å². The third-order valence-corrected chi connectivity index (χ3v) is 13.9. The van der Waals surface area contributed by atoms with Crippen molar-refractivity contribution in [2.45, 2.75) is 166 Å². The number of carbonyl (C=O) groups excluding carboxylic acids is 3. The average molecular weight is 935 g/mol. The molecule has 2 heterocycles. The van der Waals surface area contributed by atoms with Gasteiger partial charge in [0.05, 0.1) is 17.3 Å². The molecule has 0 bridgehead atoms. The van der Waals surface area contributed by atoms with Crippen molar-refractivity contribution in [3.05, 3.63) is 72.8 Å². The van der Waals surface area contributed by atoms with Crippen molar-refractivity contribution in [3.8, 4) is 41.4 Å². The van der Waals surface area contributed by atoms with Crippen molar-refractivity contribution in [1.29, 1.82) is 0 Å². The molecule has 0 saturated carbocycles. The summed E-state index contributed by atoms with van der Waals surface area (Å²) in [5.74, 6) is 7.05. The molecule has 3 aromatic carbocycles. The van der Waals surface area contributed by atoms with Crippen molar-refractivity contribution >= 4 is 45.1 Å². The number of benzene rings is 3. The number of nitrogens with one attached hydrogen (secondary N) is 1. The fraction of sp³-hybridized carbons (Fsp3) is 0.519. The van der Waals surface area contributed by atoms with Gasteiger partial charge in [-0.25, -0.2) is 23.1 Å². The standard InChI is InChI=1S/C54H70N4O8S/c1-6-9-12-13-14-15-16-17-18-19-20-21-22-23-24-31-40-57-50(55-44-35-26-30-39-48(44)67(57,62)63)49(58-52(60)54(4,5)66-53(58)61)51(59)56-43-34-25-27-36-45(43)65-47-38-29-28-37-46(47)64-41-42(32-10-7-2)33-11-8-3/h2,25-30,34-39,42,49H,6,8-9,11-24,31,33,40-41H2,1,3-5H3,(H,56,59). The first-order chi connectivity index (χ1) is 32.4. The molecule has 3 amide bonds. The fourth-order valence-corrected chi connectivity index (χ4v) is 9.92. The summed E-state index contributed by atoms with van der Waals surface area (Å²) in [5.41, 5.74) is -1.37. The van der Waals surface area contributed by atoms with E-state index in [0.717, 1.165) is 49.3 Å². The lowest BCUT2D eigenvalue weighted by Crippen LogP contribution is -2.59. The largest absolute Gasteiger partial charge is 0.488 e. The van der Waals surface area contributed by atoms with Gasteiger partial charge >= 0.3 is 6.09 Å². The van der Waals surface area contributed by atoms with Crippen LogP contribution in [0.2, 0.25) is 0 Å². The zero-order valence-corrected chi connectivity index (χ0v) is 40.8. The quantitative estimate of drug-likeness (QED) is 0.0535. The van der Waals surface area contributed by atoms with Gasteiger partial charge in [-0.3, -0.25) is 13.9 Å². The van der Waals surface area contributed by atoms with Crippen LogP contribution in [0.1, 0.15) is 150 Å². The van der Waals surface area contributed by atoms with Crippen molar-refractivity contribution in [1.82, 2.24) is 9.21 Å². The summed E-state index contributed by atoms with van der Waals surface area (Å²) in [4.78, 5) is 47.9. The number of ether oxygens (including phenoxy) is 3. The zero-order chi connectivity index (χ0) is 48.1. The van der Waals surface area contributed by atoms with Crippen LogP contribution in [0, 0.1) is 30.1 Å². The molecule has 2 aliphatic heterocycles. The molecule has 0 aliphatic carbocycles. The second kappa shape index (κ2) is 26.5. The van der Waals surface area contributed by atoms with E-state index in [1.807, 2.05) is 6.07 Å². The molecule has 2 aliphatic rings. The normalized spacial score (nSPS) is 15.6. The highest BCUT2D eigenvalue weighted by Crippen LogP contribution is 2.38. The Morgan fingerprint density at radius 2 is 1.31 bits per heavy atom. The molecule has 13 heteroatoms. The highest BCUT2D eigenvalue weighted by atomic mass is 32.2. The smallest absolute Gasteiger partial charge is 0.418 e. The molecule has 2 unspecified atom stereocenters. The van der Waals surface area contributed by atoms with Crippen LogP contribution in [-0.2, 0) is 24.3 Å². The molecule has 3 aromatic rings. The molecule has 1 N–H and O–H groups in total. The zero-order valence-electron chi connectivity index (χ0n) is 40.0. The Morgan fingerprint density at radius 3 is 1.91 bits per heavy atom. The Bertz CT molecular complexity index is 2360. The highest BCUT2D eigenvalue weighted by Gasteiger charge is 2.55. The monoisotopic (exact) mass is 934 g/mol. The number of hydrogen-bond acceptors (Lipinski definition) is 9. The maximum atomic E-state index is 14.9. The molecule has 0 aromatic heterocycles. The average Bonchev–Trinajstić information content (AvgIpc) is 3.51. The third kappa shape index (κ3) is 14.9. The molecule has 1 saturated heterocycles. The van der Waals surface area contributed by atoms with E-state index in [1.54, 1.807) is 54.6 Å². The number of anilines is 1. The van der Waals surface area contributed by atoms with Gasteiger partial charge in [-0.15, -0.1) is 6.42 Å². The Morgan fingerprint density at radius 1 is 0.761 bits per heavy atom. The van der Waals surface area contributed by atoms with Crippen molar-refractivity contribution in [2.24, 2.45) is 10.9 Å². The van der Waals surface area contributed by atoms with E-state index in [0.29, 0.717) is 22.8 Å². The van der Waals surface area contributed by atoms with E-state index in [-0.39, 0.29) is 46.9 Å². The number of unbranched alkanes of at least 4 members (excludes halogenated alkanes) is 16. The molecule has 1 fully saturated rings. The topological polar surface area (TPSA) is 144 Å². The number of amides is 3. The second-order valence-corrected chi connectivity index (χ2v) is 19.7. The molecule has 360 valence electrons. The van der Waals surface area contributed by atoms with Crippen LogP contribution in [0.3, 0.4) is 0 Å². The number of amidine groups is 1. The summed E-state index contributed by atoms with van der Waals surface area (Å²) in [6.45, 7) is 7.43. The van der Waals surface area contributed by atoms with Gasteiger partial charge in [0.2, 0.25) is 0 Å². The van der Waals surface area contributed by atoms with Gasteiger partial charge in [-0.2, -0.15) is 0 Å². The molecule has 12 nitrogen and oxygen atoms in total. The summed E-state index contributed by atoms with van der Waals surface area (Å²) < 4.78 is 48.2. The first-order valence-electron chi connectivity index (χ1n) is 24.5. The van der Waals surface area contributed by atoms with Crippen LogP contribution in [0.15, 0.2) is 82.7 Å². The SMILES string of the molecule is C#CC#CC(CCCC)COc1ccccc1Oc1ccccc1NC(=O)C(C1=Nc2ccccc2S(=O)(=O)N1CCCCCCCCCCCCCCCCCC)N1C(=O)OC(C)(C)C1=O. The maximum absolute atomic E-state index is 14.9. The predicted octanol–water partition coefficient (Wildman–Crippen LogP) is 12.4. The summed E-state index contributed by atoms with van der Waals surface area (Å²) in [5, 5.41) is 2.84. The summed E-state index contributed by atoms with van der Waals surface area (Å²) >= 11 is 0. The second-order valence-electron chi connectivity index (χ2n) is 17.9. The van der Waals surface area contributed by atoms with E-state index in [4.69, 9.17) is 25.6 Å². The number of hydrogen-bond donors (Lipinski definition) is 1. The first kappa shape index (κ1) is 52.2. The fourth-order valence-electron chi connectivity index (χ4n) is 8.30. The van der Waals surface area contributed by atoms with Crippen LogP contribution in [-0.4, -0.2) is 66.2 Å². The predicted molar refractivity (Wildman–Crippen MR) is 265 cm³/mol. The maximum Gasteiger partial charge on any atom is 0.418 e. The number of aliphatic imine (C=N–C) groups is 1. The third-order valence-electron chi connectivity index (χ3n) is 12.1. The molecule has 2 atom stereocenters. The summed E-state index contributed by atoms with van der Waals surface area (Å²) in [6, 6.07) is 18.1. The number of imide groups is 1. The van der Waals surface area contributed by atoms with Crippen molar-refractivity contribution in [2.75, 3.05) is 18.5 Å². The van der Waals surface area contributed by atoms with Gasteiger partial charge in [0.25, 0.3) is 21.8 Å². The van der Waals surface area contributed by atoms with Gasteiger partial charge in [0, 0.05) is 6.54 Å². The number of fused-ring (bicyclic) bond motifs is 1. The van der Waals surface area contributed by atoms with Gasteiger partial charge in [-0.05, 0) is 74.9 Å². The van der Waals surface area contributed by atoms with E-state index in [2.05, 4.69) is 36.9 Å². The van der Waals surface area contributed by atoms with E-state index >= 15 is 0 Å². The van der Waals surface area contributed by atoms with Crippen molar-refractivity contribution < 1.29 is 37.0 Å². The Hall–Kier alpha value is -5.79. The first-order valence-corrected chi connectivity index (χ1v) is 25.9. The minimum absolute atomic E-state index is 0.0255. The van der Waals surface area contributed by atoms with E-state index < -0.39 is 39.6 Å². The van der Waals surface area contributed by atoms with Crippen molar-refractivity contribution in [3.63, 3.8) is 0 Å². The minimum atomic E-state index is -4.30. The number of para-hydroxylation sites is 5. The lowest BCUT2D eigenvalue weighted by atomic mass is 10.0. The number of rotatable bonds is 29. The molecule has 67 heavy (non-hydrogen) atoms. The minimum Gasteiger partial charge on any atom is -0.488 e. The van der Waals surface area contributed by atoms with Crippen LogP contribution in [0.4, 0.5) is 16.2 Å². The summed E-state index contributed by atoms with van der Waals surface area (Å²) in [7, 11) is -4.30. The number of terminal acetylenes is 1. The van der Waals surface area contributed by atoms with E-state index in [9.17, 15) is 22.8 Å². The Balaban J connectivity index is 1.33. The van der Waals surface area contributed by atoms with Gasteiger partial charge < -0.3 is 19.5 Å². The van der Waals surface area contributed by atoms with Gasteiger partial charge in [-0.1, -0.05) is 165 Å². The van der Waals surface area contributed by atoms with Gasteiger partial charge in [0.1, 0.15) is 11.5 Å². The number of nitrogens with zero attached hydrogens (tertiary/aromatic N) is 3. The van der Waals surface area contributed by atoms with Crippen LogP contribution in [0.25, 0.3) is 0 Å². The number of cyclic esters (lactones) is 1. The summed E-state index contributed by atoms with van der Waals surface area (Å²) in [6.07, 6.45) is 25.6. The lowest BCUT2D eigenvalue weighted by Gasteiger charge is -2.35. The van der Waals surface area contributed by atoms with E-state index in [1.165, 1.54) is 96.6 Å².